The summed E-state index contributed by atoms with van der Waals surface area (Å²) in [6, 6.07) is 0. The summed E-state index contributed by atoms with van der Waals surface area (Å²) in [5.41, 5.74) is 0. The Bertz CT molecular complexity index is 169. The van der Waals surface area contributed by atoms with Crippen LogP contribution in [0.15, 0.2) is 0 Å². The van der Waals surface area contributed by atoms with Gasteiger partial charge in [0.15, 0.2) is 0 Å². The average molecular weight is 184 g/mol. The predicted octanol–water partition coefficient (Wildman–Crippen LogP) is 2.23. The van der Waals surface area contributed by atoms with Crippen LogP contribution in [0, 0.1) is 11.8 Å². The van der Waals surface area contributed by atoms with E-state index in [4.69, 9.17) is 9.47 Å². The maximum absolute atomic E-state index is 5.54. The zero-order valence-electron chi connectivity index (χ0n) is 8.66. The monoisotopic (exact) mass is 184 g/mol. The van der Waals surface area contributed by atoms with Crippen molar-refractivity contribution in [1.29, 1.82) is 0 Å². The Morgan fingerprint density at radius 2 is 1.54 bits per heavy atom. The van der Waals surface area contributed by atoms with Gasteiger partial charge in [0.05, 0.1) is 12.2 Å². The van der Waals surface area contributed by atoms with Crippen LogP contribution in [0.5, 0.6) is 0 Å². The minimum Gasteiger partial charge on any atom is -0.381 e. The van der Waals surface area contributed by atoms with E-state index in [1.807, 2.05) is 14.2 Å². The van der Waals surface area contributed by atoms with Crippen molar-refractivity contribution in [1.82, 2.24) is 0 Å². The highest BCUT2D eigenvalue weighted by Gasteiger charge is 2.46. The fraction of sp³-hybridized carbons (Fsp3) is 1.00. The normalized spacial score (nSPS) is 44.8. The van der Waals surface area contributed by atoms with Gasteiger partial charge in [-0.2, -0.15) is 0 Å². The molecule has 13 heavy (non-hydrogen) atoms. The Balaban J connectivity index is 1.88. The topological polar surface area (TPSA) is 18.5 Å². The molecule has 0 aliphatic heterocycles. The van der Waals surface area contributed by atoms with Crippen LogP contribution in [0.2, 0.25) is 0 Å². The number of methoxy groups -OCH3 is 2. The summed E-state index contributed by atoms with van der Waals surface area (Å²) in [5, 5.41) is 0. The Morgan fingerprint density at radius 1 is 0.846 bits per heavy atom. The van der Waals surface area contributed by atoms with Crippen LogP contribution in [0.25, 0.3) is 0 Å². The summed E-state index contributed by atoms with van der Waals surface area (Å²) in [6.07, 6.45) is 7.66. The minimum atomic E-state index is 0.513. The lowest BCUT2D eigenvalue weighted by molar-refractivity contribution is 0.00583. The first-order valence-electron chi connectivity index (χ1n) is 5.42. The largest absolute Gasteiger partial charge is 0.381 e. The molecule has 2 aliphatic carbocycles. The molecule has 2 nitrogen and oxygen atoms in total. The van der Waals surface area contributed by atoms with Crippen LogP contribution in [0.1, 0.15) is 32.1 Å². The van der Waals surface area contributed by atoms with Crippen molar-refractivity contribution in [2.24, 2.45) is 11.8 Å². The molecule has 0 aromatic rings. The molecule has 0 radical (unpaired) electrons. The molecule has 2 rings (SSSR count). The van der Waals surface area contributed by atoms with Gasteiger partial charge in [-0.1, -0.05) is 12.8 Å². The molecule has 0 heterocycles. The first-order chi connectivity index (χ1) is 6.36. The quantitative estimate of drug-likeness (QED) is 0.669. The van der Waals surface area contributed by atoms with E-state index in [0.29, 0.717) is 12.2 Å². The van der Waals surface area contributed by atoms with Crippen LogP contribution in [-0.2, 0) is 9.47 Å². The maximum Gasteiger partial charge on any atom is 0.0607 e. The molecule has 4 unspecified atom stereocenters. The van der Waals surface area contributed by atoms with E-state index in [0.717, 1.165) is 11.8 Å². The molecule has 76 valence electrons. The van der Waals surface area contributed by atoms with Crippen molar-refractivity contribution in [3.63, 3.8) is 0 Å². The highest BCUT2D eigenvalue weighted by molar-refractivity contribution is 4.96. The van der Waals surface area contributed by atoms with E-state index >= 15 is 0 Å². The van der Waals surface area contributed by atoms with E-state index in [1.165, 1.54) is 32.1 Å². The van der Waals surface area contributed by atoms with Gasteiger partial charge in [0.2, 0.25) is 0 Å². The Hall–Kier alpha value is -0.0800. The molecular formula is C11H20O2. The van der Waals surface area contributed by atoms with E-state index < -0.39 is 0 Å². The molecular weight excluding hydrogens is 164 g/mol. The standard InChI is InChI=1S/C11H20O2/c1-12-10-6-4-3-5-8(10)9-7-11(9)13-2/h8-11H,3-7H2,1-2H3. The molecule has 2 saturated carbocycles. The van der Waals surface area contributed by atoms with Crippen molar-refractivity contribution in [3.8, 4) is 0 Å². The summed E-state index contributed by atoms with van der Waals surface area (Å²) in [7, 11) is 3.68. The van der Waals surface area contributed by atoms with Crippen molar-refractivity contribution in [2.45, 2.75) is 44.3 Å². The molecule has 0 saturated heterocycles. The Morgan fingerprint density at radius 3 is 2.15 bits per heavy atom. The van der Waals surface area contributed by atoms with E-state index in [1.54, 1.807) is 0 Å². The fourth-order valence-corrected chi connectivity index (χ4v) is 2.82. The smallest absolute Gasteiger partial charge is 0.0607 e. The molecule has 2 heteroatoms. The molecule has 0 aromatic heterocycles. The van der Waals surface area contributed by atoms with Gasteiger partial charge < -0.3 is 9.47 Å². The number of hydrogen-bond acceptors (Lipinski definition) is 2. The van der Waals surface area contributed by atoms with Crippen molar-refractivity contribution < 1.29 is 9.47 Å². The number of hydrogen-bond donors (Lipinski definition) is 0. The zero-order chi connectivity index (χ0) is 9.26. The molecule has 0 amide bonds. The molecule has 2 aliphatic rings. The number of ether oxygens (including phenoxy) is 2. The molecule has 4 atom stereocenters. The molecule has 0 N–H and O–H groups in total. The minimum absolute atomic E-state index is 0.513. The first kappa shape index (κ1) is 9.47. The van der Waals surface area contributed by atoms with E-state index in [9.17, 15) is 0 Å². The maximum atomic E-state index is 5.54. The summed E-state index contributed by atoms with van der Waals surface area (Å²) in [4.78, 5) is 0. The SMILES string of the molecule is COC1CCCCC1C1CC1OC. The van der Waals surface area contributed by atoms with Gasteiger partial charge in [-0.3, -0.25) is 0 Å². The van der Waals surface area contributed by atoms with Crippen LogP contribution in [0.4, 0.5) is 0 Å². The number of rotatable bonds is 3. The molecule has 0 spiro atoms. The van der Waals surface area contributed by atoms with E-state index in [-0.39, 0.29) is 0 Å². The van der Waals surface area contributed by atoms with Gasteiger partial charge in [0.1, 0.15) is 0 Å². The highest BCUT2D eigenvalue weighted by atomic mass is 16.5. The summed E-state index contributed by atoms with van der Waals surface area (Å²) in [6.45, 7) is 0. The summed E-state index contributed by atoms with van der Waals surface area (Å²) < 4.78 is 10.9. The van der Waals surface area contributed by atoms with Gasteiger partial charge >= 0.3 is 0 Å². The second-order valence-corrected chi connectivity index (χ2v) is 4.40. The van der Waals surface area contributed by atoms with Gasteiger partial charge in [-0.05, 0) is 31.1 Å². The second kappa shape index (κ2) is 3.97. The Kier molecular flexibility index (Phi) is 2.89. The van der Waals surface area contributed by atoms with Crippen molar-refractivity contribution in [2.75, 3.05) is 14.2 Å². The van der Waals surface area contributed by atoms with Crippen LogP contribution in [-0.4, -0.2) is 26.4 Å². The summed E-state index contributed by atoms with van der Waals surface area (Å²) in [5.74, 6) is 1.58. The lowest BCUT2D eigenvalue weighted by Gasteiger charge is -2.30. The zero-order valence-corrected chi connectivity index (χ0v) is 8.66. The Labute approximate surface area is 80.6 Å². The third-order valence-corrected chi connectivity index (χ3v) is 3.69. The molecule has 2 fully saturated rings. The predicted molar refractivity (Wildman–Crippen MR) is 51.7 cm³/mol. The summed E-state index contributed by atoms with van der Waals surface area (Å²) >= 11 is 0. The molecule has 0 aromatic carbocycles. The third-order valence-electron chi connectivity index (χ3n) is 3.69. The first-order valence-corrected chi connectivity index (χ1v) is 5.42. The van der Waals surface area contributed by atoms with Crippen molar-refractivity contribution >= 4 is 0 Å². The van der Waals surface area contributed by atoms with Gasteiger partial charge in [0.25, 0.3) is 0 Å². The van der Waals surface area contributed by atoms with Gasteiger partial charge in [-0.25, -0.2) is 0 Å². The second-order valence-electron chi connectivity index (χ2n) is 4.40. The van der Waals surface area contributed by atoms with Gasteiger partial charge in [-0.15, -0.1) is 0 Å². The lowest BCUT2D eigenvalue weighted by Crippen LogP contribution is -2.29. The highest BCUT2D eigenvalue weighted by Crippen LogP contribution is 2.46. The van der Waals surface area contributed by atoms with Crippen LogP contribution < -0.4 is 0 Å². The van der Waals surface area contributed by atoms with Crippen LogP contribution in [0.3, 0.4) is 0 Å². The van der Waals surface area contributed by atoms with E-state index in [2.05, 4.69) is 0 Å². The average Bonchev–Trinajstić information content (AvgIpc) is 2.96. The third kappa shape index (κ3) is 1.89. The lowest BCUT2D eigenvalue weighted by atomic mass is 9.83. The molecule has 0 bridgehead atoms. The fourth-order valence-electron chi connectivity index (χ4n) is 2.82. The van der Waals surface area contributed by atoms with Crippen molar-refractivity contribution in [3.05, 3.63) is 0 Å². The van der Waals surface area contributed by atoms with Gasteiger partial charge in [0, 0.05) is 14.2 Å². The van der Waals surface area contributed by atoms with Crippen LogP contribution >= 0.6 is 0 Å².